The fraction of sp³-hybridized carbons (Fsp3) is 0.625. The van der Waals surface area contributed by atoms with Gasteiger partial charge < -0.3 is 10.2 Å². The van der Waals surface area contributed by atoms with Gasteiger partial charge in [0.2, 0.25) is 0 Å². The summed E-state index contributed by atoms with van der Waals surface area (Å²) in [5.74, 6) is -0.0808. The predicted octanol–water partition coefficient (Wildman–Crippen LogP) is 5.22. The van der Waals surface area contributed by atoms with Crippen LogP contribution in [-0.4, -0.2) is 10.2 Å². The van der Waals surface area contributed by atoms with Gasteiger partial charge >= 0.3 is 0 Å². The Balaban J connectivity index is 2.93. The van der Waals surface area contributed by atoms with Gasteiger partial charge in [0.05, 0.1) is 0 Å². The van der Waals surface area contributed by atoms with Crippen LogP contribution in [0.2, 0.25) is 5.02 Å². The van der Waals surface area contributed by atoms with E-state index in [4.69, 9.17) is 11.6 Å². The number of phenolic OH excluding ortho intramolecular Hbond substituents is 2. The van der Waals surface area contributed by atoms with E-state index in [1.165, 1.54) is 6.07 Å². The van der Waals surface area contributed by atoms with Gasteiger partial charge in [0, 0.05) is 16.7 Å². The van der Waals surface area contributed by atoms with Crippen molar-refractivity contribution in [3.05, 3.63) is 22.2 Å². The fourth-order valence-corrected chi connectivity index (χ4v) is 2.67. The van der Waals surface area contributed by atoms with E-state index in [1.54, 1.807) is 0 Å². The first kappa shape index (κ1) is 16.2. The molecule has 3 heteroatoms. The highest BCUT2D eigenvalue weighted by molar-refractivity contribution is 6.31. The van der Waals surface area contributed by atoms with Gasteiger partial charge in [0.1, 0.15) is 0 Å². The molecule has 0 aliphatic heterocycles. The molecule has 19 heavy (non-hydrogen) atoms. The minimum Gasteiger partial charge on any atom is -0.504 e. The maximum atomic E-state index is 10.1. The molecule has 0 atom stereocenters. The topological polar surface area (TPSA) is 40.5 Å². The van der Waals surface area contributed by atoms with Crippen LogP contribution in [0.25, 0.3) is 0 Å². The van der Waals surface area contributed by atoms with Crippen LogP contribution >= 0.6 is 11.6 Å². The van der Waals surface area contributed by atoms with E-state index in [2.05, 4.69) is 13.8 Å². The first-order chi connectivity index (χ1) is 9.11. The van der Waals surface area contributed by atoms with Crippen molar-refractivity contribution < 1.29 is 10.2 Å². The highest BCUT2D eigenvalue weighted by Gasteiger charge is 2.15. The third kappa shape index (κ3) is 4.61. The van der Waals surface area contributed by atoms with Crippen LogP contribution in [0, 0.1) is 0 Å². The lowest BCUT2D eigenvalue weighted by Gasteiger charge is -2.14. The summed E-state index contributed by atoms with van der Waals surface area (Å²) in [7, 11) is 0. The first-order valence-corrected chi connectivity index (χ1v) is 7.71. The lowest BCUT2D eigenvalue weighted by molar-refractivity contribution is 0.397. The van der Waals surface area contributed by atoms with E-state index < -0.39 is 0 Å². The first-order valence-electron chi connectivity index (χ1n) is 7.33. The Morgan fingerprint density at radius 3 is 1.95 bits per heavy atom. The highest BCUT2D eigenvalue weighted by atomic mass is 35.5. The Labute approximate surface area is 121 Å². The normalized spacial score (nSPS) is 10.9. The minimum absolute atomic E-state index is 0.0204. The quantitative estimate of drug-likeness (QED) is 0.508. The van der Waals surface area contributed by atoms with E-state index in [0.717, 1.165) is 62.5 Å². The number of rotatable bonds is 8. The predicted molar refractivity (Wildman–Crippen MR) is 81.2 cm³/mol. The van der Waals surface area contributed by atoms with Crippen LogP contribution in [0.5, 0.6) is 11.5 Å². The zero-order chi connectivity index (χ0) is 14.3. The van der Waals surface area contributed by atoms with E-state index >= 15 is 0 Å². The highest BCUT2D eigenvalue weighted by Crippen LogP contribution is 2.38. The van der Waals surface area contributed by atoms with Crippen LogP contribution in [-0.2, 0) is 12.8 Å². The molecule has 108 valence electrons. The molecule has 0 unspecified atom stereocenters. The monoisotopic (exact) mass is 284 g/mol. The molecule has 0 spiro atoms. The second kappa shape index (κ2) is 8.31. The second-order valence-corrected chi connectivity index (χ2v) is 5.50. The number of benzene rings is 1. The Hall–Kier alpha value is -0.890. The van der Waals surface area contributed by atoms with Crippen molar-refractivity contribution in [2.45, 2.75) is 65.2 Å². The van der Waals surface area contributed by atoms with E-state index in [0.29, 0.717) is 5.02 Å². The third-order valence-corrected chi connectivity index (χ3v) is 3.84. The third-order valence-electron chi connectivity index (χ3n) is 3.51. The van der Waals surface area contributed by atoms with Gasteiger partial charge in [-0.05, 0) is 31.2 Å². The largest absolute Gasteiger partial charge is 0.504 e. The summed E-state index contributed by atoms with van der Waals surface area (Å²) in [6.45, 7) is 4.32. The van der Waals surface area contributed by atoms with Crippen LogP contribution in [0.15, 0.2) is 6.07 Å². The molecule has 2 nitrogen and oxygen atoms in total. The number of halogens is 1. The molecule has 0 aliphatic rings. The number of hydrogen-bond donors (Lipinski definition) is 2. The van der Waals surface area contributed by atoms with Crippen LogP contribution in [0.1, 0.15) is 63.5 Å². The van der Waals surface area contributed by atoms with Crippen molar-refractivity contribution in [1.29, 1.82) is 0 Å². The van der Waals surface area contributed by atoms with E-state index in [-0.39, 0.29) is 11.5 Å². The zero-order valence-corrected chi connectivity index (χ0v) is 12.8. The van der Waals surface area contributed by atoms with Crippen molar-refractivity contribution in [2.24, 2.45) is 0 Å². The Morgan fingerprint density at radius 2 is 1.42 bits per heavy atom. The molecule has 0 amide bonds. The summed E-state index contributed by atoms with van der Waals surface area (Å²) >= 11 is 6.23. The van der Waals surface area contributed by atoms with Gasteiger partial charge in [0.25, 0.3) is 0 Å². The van der Waals surface area contributed by atoms with E-state index in [1.807, 2.05) is 0 Å². The van der Waals surface area contributed by atoms with Crippen molar-refractivity contribution in [2.75, 3.05) is 0 Å². The maximum absolute atomic E-state index is 10.1. The number of phenols is 2. The maximum Gasteiger partial charge on any atom is 0.161 e. The zero-order valence-electron chi connectivity index (χ0n) is 12.0. The van der Waals surface area contributed by atoms with Crippen molar-refractivity contribution in [3.8, 4) is 11.5 Å². The Kier molecular flexibility index (Phi) is 7.07. The van der Waals surface area contributed by atoms with Gasteiger partial charge in [-0.25, -0.2) is 0 Å². The van der Waals surface area contributed by atoms with Gasteiger partial charge in [-0.3, -0.25) is 0 Å². The summed E-state index contributed by atoms with van der Waals surface area (Å²) in [4.78, 5) is 0. The lowest BCUT2D eigenvalue weighted by atomic mass is 9.95. The number of unbranched alkanes of at least 4 members (excludes halogenated alkanes) is 4. The van der Waals surface area contributed by atoms with E-state index in [9.17, 15) is 10.2 Å². The molecular formula is C16H25ClO2. The SMILES string of the molecule is CCCCCc1c(Cl)cc(O)c(O)c1CCCCC. The van der Waals surface area contributed by atoms with Gasteiger partial charge in [-0.15, -0.1) is 0 Å². The molecule has 2 N–H and O–H groups in total. The number of aromatic hydroxyl groups is 2. The summed E-state index contributed by atoms with van der Waals surface area (Å²) < 4.78 is 0. The molecule has 1 aromatic carbocycles. The van der Waals surface area contributed by atoms with Gasteiger partial charge in [-0.1, -0.05) is 51.1 Å². The average molecular weight is 285 g/mol. The standard InChI is InChI=1S/C16H25ClO2/c1-3-5-7-9-12-13(10-8-6-4-2)16(19)15(18)11-14(12)17/h11,18-19H,3-10H2,1-2H3. The smallest absolute Gasteiger partial charge is 0.161 e. The Morgan fingerprint density at radius 1 is 0.895 bits per heavy atom. The molecular weight excluding hydrogens is 260 g/mol. The lowest BCUT2D eigenvalue weighted by Crippen LogP contribution is -1.98. The summed E-state index contributed by atoms with van der Waals surface area (Å²) in [5.41, 5.74) is 1.86. The van der Waals surface area contributed by atoms with Crippen LogP contribution in [0.3, 0.4) is 0 Å². The second-order valence-electron chi connectivity index (χ2n) is 5.10. The van der Waals surface area contributed by atoms with Gasteiger partial charge in [0.15, 0.2) is 11.5 Å². The van der Waals surface area contributed by atoms with Crippen LogP contribution < -0.4 is 0 Å². The average Bonchev–Trinajstić information content (AvgIpc) is 2.38. The molecule has 1 rings (SSSR count). The van der Waals surface area contributed by atoms with Crippen molar-refractivity contribution >= 4 is 11.6 Å². The Bertz CT molecular complexity index is 402. The summed E-state index contributed by atoms with van der Waals surface area (Å²) in [5, 5.41) is 20.3. The molecule has 0 saturated heterocycles. The molecule has 0 aromatic heterocycles. The number of hydrogen-bond acceptors (Lipinski definition) is 2. The molecule has 0 bridgehead atoms. The molecule has 0 radical (unpaired) electrons. The van der Waals surface area contributed by atoms with Crippen LogP contribution in [0.4, 0.5) is 0 Å². The van der Waals surface area contributed by atoms with Gasteiger partial charge in [-0.2, -0.15) is 0 Å². The summed E-state index contributed by atoms with van der Waals surface area (Å²) in [6, 6.07) is 1.46. The fourth-order valence-electron chi connectivity index (χ4n) is 2.36. The van der Waals surface area contributed by atoms with Crippen molar-refractivity contribution in [3.63, 3.8) is 0 Å². The molecule has 1 aromatic rings. The molecule has 0 heterocycles. The molecule has 0 aliphatic carbocycles. The minimum atomic E-state index is -0.101. The molecule has 0 saturated carbocycles. The summed E-state index contributed by atoms with van der Waals surface area (Å²) in [6.07, 6.45) is 8.34. The molecule has 0 fully saturated rings. The van der Waals surface area contributed by atoms with Crippen molar-refractivity contribution in [1.82, 2.24) is 0 Å².